The lowest BCUT2D eigenvalue weighted by atomic mass is 10.1. The van der Waals surface area contributed by atoms with Crippen LogP contribution >= 0.6 is 0 Å². The van der Waals surface area contributed by atoms with Crippen molar-refractivity contribution in [2.24, 2.45) is 0 Å². The van der Waals surface area contributed by atoms with Gasteiger partial charge in [-0.3, -0.25) is 0 Å². The lowest BCUT2D eigenvalue weighted by Crippen LogP contribution is -2.08. The Morgan fingerprint density at radius 1 is 1.31 bits per heavy atom. The fourth-order valence-electron chi connectivity index (χ4n) is 1.43. The first kappa shape index (κ1) is 12.8. The highest BCUT2D eigenvalue weighted by Crippen LogP contribution is 2.06. The summed E-state index contributed by atoms with van der Waals surface area (Å²) in [6.07, 6.45) is 2.34. The number of aliphatic hydroxyl groups excluding tert-OH is 1. The molecule has 0 spiro atoms. The van der Waals surface area contributed by atoms with Crippen molar-refractivity contribution in [1.29, 1.82) is 0 Å². The van der Waals surface area contributed by atoms with Gasteiger partial charge in [0.05, 0.1) is 6.61 Å². The van der Waals surface area contributed by atoms with Gasteiger partial charge in [-0.05, 0) is 18.4 Å². The molecule has 1 aromatic carbocycles. The average Bonchev–Trinajstić information content (AvgIpc) is 2.35. The fourth-order valence-corrected chi connectivity index (χ4v) is 1.43. The van der Waals surface area contributed by atoms with Crippen LogP contribution in [0.15, 0.2) is 30.3 Å². The lowest BCUT2D eigenvalue weighted by Gasteiger charge is -2.08. The van der Waals surface area contributed by atoms with Gasteiger partial charge in [-0.25, -0.2) is 0 Å². The molecule has 1 rings (SSSR count). The molecule has 1 atom stereocenters. The van der Waals surface area contributed by atoms with Gasteiger partial charge in [-0.2, -0.15) is 0 Å². The van der Waals surface area contributed by atoms with Crippen LogP contribution < -0.4 is 0 Å². The summed E-state index contributed by atoms with van der Waals surface area (Å²) in [7, 11) is 1.67. The van der Waals surface area contributed by atoms with E-state index in [0.717, 1.165) is 12.8 Å². The van der Waals surface area contributed by atoms with Crippen molar-refractivity contribution in [1.82, 2.24) is 0 Å². The zero-order valence-electron chi connectivity index (χ0n) is 9.65. The topological polar surface area (TPSA) is 29.5 Å². The summed E-state index contributed by atoms with van der Waals surface area (Å²) in [4.78, 5) is 0. The number of methoxy groups -OCH3 is 1. The highest BCUT2D eigenvalue weighted by molar-refractivity contribution is 5.15. The molecular weight excluding hydrogens is 200 g/mol. The number of ether oxygens (including phenoxy) is 1. The highest BCUT2D eigenvalue weighted by Gasteiger charge is 2.02. The maximum atomic E-state index is 8.62. The molecule has 0 fully saturated rings. The minimum absolute atomic E-state index is 0.0354. The van der Waals surface area contributed by atoms with Crippen molar-refractivity contribution >= 4 is 0 Å². The van der Waals surface area contributed by atoms with Crippen LogP contribution in [0.3, 0.4) is 0 Å². The standard InChI is InChI=1S/C14H18O2/c1-16-14(9-5-6-12-15)11-10-13-7-3-2-4-8-13/h2-4,7-8,14-15H,6,10-12H2,1H3. The monoisotopic (exact) mass is 218 g/mol. The van der Waals surface area contributed by atoms with E-state index in [2.05, 4.69) is 24.0 Å². The zero-order valence-corrected chi connectivity index (χ0v) is 9.65. The predicted molar refractivity (Wildman–Crippen MR) is 65.0 cm³/mol. The summed E-state index contributed by atoms with van der Waals surface area (Å²) in [6.45, 7) is 0.113. The third kappa shape index (κ3) is 4.97. The maximum absolute atomic E-state index is 8.62. The van der Waals surface area contributed by atoms with Crippen LogP contribution in [0.2, 0.25) is 0 Å². The van der Waals surface area contributed by atoms with E-state index in [0.29, 0.717) is 6.42 Å². The Balaban J connectivity index is 2.38. The molecule has 2 nitrogen and oxygen atoms in total. The van der Waals surface area contributed by atoms with Gasteiger partial charge in [-0.15, -0.1) is 0 Å². The van der Waals surface area contributed by atoms with Crippen molar-refractivity contribution in [3.8, 4) is 11.8 Å². The molecule has 1 N–H and O–H groups in total. The summed E-state index contributed by atoms with van der Waals surface area (Å²) >= 11 is 0. The van der Waals surface area contributed by atoms with Crippen molar-refractivity contribution in [3.05, 3.63) is 35.9 Å². The van der Waals surface area contributed by atoms with Gasteiger partial charge in [-0.1, -0.05) is 42.2 Å². The first-order chi connectivity index (χ1) is 7.86. The van der Waals surface area contributed by atoms with E-state index >= 15 is 0 Å². The molecule has 0 aromatic heterocycles. The van der Waals surface area contributed by atoms with E-state index in [1.54, 1.807) is 7.11 Å². The number of hydrogen-bond acceptors (Lipinski definition) is 2. The van der Waals surface area contributed by atoms with Crippen molar-refractivity contribution in [3.63, 3.8) is 0 Å². The Labute approximate surface area is 97.3 Å². The maximum Gasteiger partial charge on any atom is 0.118 e. The Bertz CT molecular complexity index is 335. The minimum atomic E-state index is -0.0354. The molecule has 1 unspecified atom stereocenters. The third-order valence-corrected chi connectivity index (χ3v) is 2.32. The number of rotatable bonds is 5. The number of hydrogen-bond donors (Lipinski definition) is 1. The first-order valence-corrected chi connectivity index (χ1v) is 5.52. The van der Waals surface area contributed by atoms with Crippen LogP contribution in [0.4, 0.5) is 0 Å². The second-order valence-corrected chi connectivity index (χ2v) is 3.54. The van der Waals surface area contributed by atoms with Gasteiger partial charge in [0, 0.05) is 13.5 Å². The SMILES string of the molecule is COC(C#CCCO)CCc1ccccc1. The molecule has 0 aliphatic heterocycles. The second kappa shape index (κ2) is 7.92. The van der Waals surface area contributed by atoms with Crippen molar-refractivity contribution in [2.45, 2.75) is 25.4 Å². The van der Waals surface area contributed by atoms with E-state index in [4.69, 9.17) is 9.84 Å². The Kier molecular flexibility index (Phi) is 6.32. The van der Waals surface area contributed by atoms with Crippen LogP contribution in [-0.4, -0.2) is 24.9 Å². The highest BCUT2D eigenvalue weighted by atomic mass is 16.5. The predicted octanol–water partition coefficient (Wildman–Crippen LogP) is 2.02. The molecule has 1 aromatic rings. The normalized spacial score (nSPS) is 11.6. The van der Waals surface area contributed by atoms with Crippen LogP contribution in [0.1, 0.15) is 18.4 Å². The van der Waals surface area contributed by atoms with Gasteiger partial charge in [0.15, 0.2) is 0 Å². The lowest BCUT2D eigenvalue weighted by molar-refractivity contribution is 0.141. The molecule has 16 heavy (non-hydrogen) atoms. The smallest absolute Gasteiger partial charge is 0.118 e. The quantitative estimate of drug-likeness (QED) is 0.766. The van der Waals surface area contributed by atoms with Crippen LogP contribution in [0, 0.1) is 11.8 Å². The Morgan fingerprint density at radius 3 is 2.69 bits per heavy atom. The van der Waals surface area contributed by atoms with Gasteiger partial charge < -0.3 is 9.84 Å². The zero-order chi connectivity index (χ0) is 11.6. The third-order valence-electron chi connectivity index (χ3n) is 2.32. The van der Waals surface area contributed by atoms with Gasteiger partial charge >= 0.3 is 0 Å². The van der Waals surface area contributed by atoms with Gasteiger partial charge in [0.1, 0.15) is 6.10 Å². The summed E-state index contributed by atoms with van der Waals surface area (Å²) < 4.78 is 5.26. The molecule has 0 radical (unpaired) electrons. The van der Waals surface area contributed by atoms with Gasteiger partial charge in [0.2, 0.25) is 0 Å². The molecule has 0 aliphatic rings. The van der Waals surface area contributed by atoms with Crippen LogP contribution in [0.5, 0.6) is 0 Å². The Hall–Kier alpha value is -1.30. The molecule has 0 bridgehead atoms. The van der Waals surface area contributed by atoms with Crippen LogP contribution in [0.25, 0.3) is 0 Å². The molecule has 0 heterocycles. The van der Waals surface area contributed by atoms with E-state index in [9.17, 15) is 0 Å². The second-order valence-electron chi connectivity index (χ2n) is 3.54. The molecule has 86 valence electrons. The van der Waals surface area contributed by atoms with E-state index in [-0.39, 0.29) is 12.7 Å². The fraction of sp³-hybridized carbons (Fsp3) is 0.429. The number of aryl methyl sites for hydroxylation is 1. The van der Waals surface area contributed by atoms with E-state index < -0.39 is 0 Å². The summed E-state index contributed by atoms with van der Waals surface area (Å²) in [5.74, 6) is 5.91. The molecule has 0 saturated heterocycles. The van der Waals surface area contributed by atoms with Crippen LogP contribution in [-0.2, 0) is 11.2 Å². The largest absolute Gasteiger partial charge is 0.395 e. The van der Waals surface area contributed by atoms with Crippen molar-refractivity contribution in [2.75, 3.05) is 13.7 Å². The number of benzene rings is 1. The molecular formula is C14H18O2. The summed E-state index contributed by atoms with van der Waals surface area (Å²) in [6, 6.07) is 10.3. The minimum Gasteiger partial charge on any atom is -0.395 e. The van der Waals surface area contributed by atoms with E-state index in [1.165, 1.54) is 5.56 Å². The average molecular weight is 218 g/mol. The molecule has 0 aliphatic carbocycles. The summed E-state index contributed by atoms with van der Waals surface area (Å²) in [5.41, 5.74) is 1.30. The Morgan fingerprint density at radius 2 is 2.06 bits per heavy atom. The molecule has 2 heteroatoms. The van der Waals surface area contributed by atoms with Gasteiger partial charge in [0.25, 0.3) is 0 Å². The number of aliphatic hydroxyl groups is 1. The molecule has 0 saturated carbocycles. The first-order valence-electron chi connectivity index (χ1n) is 5.52. The molecule has 0 amide bonds. The van der Waals surface area contributed by atoms with Crippen molar-refractivity contribution < 1.29 is 9.84 Å². The summed E-state index contributed by atoms with van der Waals surface area (Å²) in [5, 5.41) is 8.62. The van der Waals surface area contributed by atoms with E-state index in [1.807, 2.05) is 18.2 Å².